The van der Waals surface area contributed by atoms with Crippen molar-refractivity contribution in [1.82, 2.24) is 0 Å². The van der Waals surface area contributed by atoms with Crippen LogP contribution in [0.4, 0.5) is 0 Å². The van der Waals surface area contributed by atoms with Crippen molar-refractivity contribution in [2.75, 3.05) is 0 Å². The van der Waals surface area contributed by atoms with Crippen molar-refractivity contribution >= 4 is 6.08 Å². The summed E-state index contributed by atoms with van der Waals surface area (Å²) in [5.74, 6) is 1.14. The van der Waals surface area contributed by atoms with E-state index in [9.17, 15) is 0 Å². The van der Waals surface area contributed by atoms with Crippen LogP contribution >= 0.6 is 0 Å². The summed E-state index contributed by atoms with van der Waals surface area (Å²) in [6.07, 6.45) is 1.99. The maximum atomic E-state index is 3.92. The molecule has 0 saturated heterocycles. The largest absolute Gasteiger partial charge is 0.0984 e. The minimum absolute atomic E-state index is 0.571. The molecule has 76 valence electrons. The fourth-order valence-electron chi connectivity index (χ4n) is 1.84. The standard InChI is InChI=1S/C14H20/c1-6-12-13(10(2)3)8-7-9-14(12)11(4)5/h6-11H,1H2,2-5H3. The van der Waals surface area contributed by atoms with Gasteiger partial charge < -0.3 is 0 Å². The number of hydrogen-bond acceptors (Lipinski definition) is 0. The molecule has 0 saturated carbocycles. The van der Waals surface area contributed by atoms with Gasteiger partial charge in [-0.3, -0.25) is 0 Å². The molecule has 0 heteroatoms. The van der Waals surface area contributed by atoms with Crippen LogP contribution in [0.1, 0.15) is 56.2 Å². The van der Waals surface area contributed by atoms with Crippen LogP contribution in [0.3, 0.4) is 0 Å². The topological polar surface area (TPSA) is 0 Å². The van der Waals surface area contributed by atoms with Crippen LogP contribution in [-0.2, 0) is 0 Å². The number of hydrogen-bond donors (Lipinski definition) is 0. The van der Waals surface area contributed by atoms with E-state index in [1.54, 1.807) is 0 Å². The van der Waals surface area contributed by atoms with Crippen molar-refractivity contribution < 1.29 is 0 Å². The van der Waals surface area contributed by atoms with Gasteiger partial charge in [-0.05, 0) is 28.5 Å². The van der Waals surface area contributed by atoms with Crippen LogP contribution in [0.5, 0.6) is 0 Å². The highest BCUT2D eigenvalue weighted by Gasteiger charge is 2.10. The van der Waals surface area contributed by atoms with Crippen LogP contribution in [-0.4, -0.2) is 0 Å². The minimum atomic E-state index is 0.571. The molecule has 1 aromatic rings. The summed E-state index contributed by atoms with van der Waals surface area (Å²) >= 11 is 0. The quantitative estimate of drug-likeness (QED) is 0.651. The van der Waals surface area contributed by atoms with Gasteiger partial charge >= 0.3 is 0 Å². The first-order valence-electron chi connectivity index (χ1n) is 5.33. The first-order chi connectivity index (χ1) is 6.57. The van der Waals surface area contributed by atoms with Crippen molar-refractivity contribution in [1.29, 1.82) is 0 Å². The summed E-state index contributed by atoms with van der Waals surface area (Å²) in [5, 5.41) is 0. The van der Waals surface area contributed by atoms with Crippen LogP contribution in [0.25, 0.3) is 6.08 Å². The average molecular weight is 188 g/mol. The molecule has 0 atom stereocenters. The first kappa shape index (κ1) is 11.0. The van der Waals surface area contributed by atoms with E-state index in [0.29, 0.717) is 11.8 Å². The molecule has 0 heterocycles. The molecule has 0 radical (unpaired) electrons. The zero-order chi connectivity index (χ0) is 10.7. The van der Waals surface area contributed by atoms with Crippen LogP contribution in [0, 0.1) is 0 Å². The van der Waals surface area contributed by atoms with Crippen molar-refractivity contribution in [3.05, 3.63) is 41.5 Å². The van der Waals surface area contributed by atoms with Gasteiger partial charge in [-0.15, -0.1) is 0 Å². The molecule has 0 amide bonds. The van der Waals surface area contributed by atoms with E-state index >= 15 is 0 Å². The van der Waals surface area contributed by atoms with E-state index in [4.69, 9.17) is 0 Å². The molecule has 14 heavy (non-hydrogen) atoms. The van der Waals surface area contributed by atoms with E-state index in [1.807, 2.05) is 6.08 Å². The monoisotopic (exact) mass is 188 g/mol. The Morgan fingerprint density at radius 2 is 1.43 bits per heavy atom. The molecule has 0 nitrogen and oxygen atoms in total. The smallest absolute Gasteiger partial charge is 0.0193 e. The first-order valence-corrected chi connectivity index (χ1v) is 5.33. The van der Waals surface area contributed by atoms with E-state index in [1.165, 1.54) is 16.7 Å². The average Bonchev–Trinajstić information content (AvgIpc) is 2.16. The molecule has 0 aliphatic heterocycles. The molecule has 0 unspecified atom stereocenters. The molecule has 0 aliphatic rings. The zero-order valence-electron chi connectivity index (χ0n) is 9.67. The Labute approximate surface area is 87.7 Å². The third-order valence-electron chi connectivity index (χ3n) is 2.62. The lowest BCUT2D eigenvalue weighted by molar-refractivity contribution is 0.829. The van der Waals surface area contributed by atoms with Crippen molar-refractivity contribution in [3.63, 3.8) is 0 Å². The van der Waals surface area contributed by atoms with Gasteiger partial charge in [-0.1, -0.05) is 58.5 Å². The summed E-state index contributed by atoms with van der Waals surface area (Å²) in [7, 11) is 0. The van der Waals surface area contributed by atoms with Gasteiger partial charge in [-0.25, -0.2) is 0 Å². The maximum Gasteiger partial charge on any atom is -0.0193 e. The van der Waals surface area contributed by atoms with E-state index < -0.39 is 0 Å². The zero-order valence-corrected chi connectivity index (χ0v) is 9.67. The highest BCUT2D eigenvalue weighted by molar-refractivity contribution is 5.58. The van der Waals surface area contributed by atoms with Crippen molar-refractivity contribution in [2.24, 2.45) is 0 Å². The Hall–Kier alpha value is -1.04. The predicted molar refractivity (Wildman–Crippen MR) is 64.7 cm³/mol. The summed E-state index contributed by atoms with van der Waals surface area (Å²) in [6, 6.07) is 6.55. The lowest BCUT2D eigenvalue weighted by atomic mass is 9.89. The van der Waals surface area contributed by atoms with Gasteiger partial charge in [0, 0.05) is 0 Å². The van der Waals surface area contributed by atoms with Crippen LogP contribution in [0.15, 0.2) is 24.8 Å². The maximum absolute atomic E-state index is 3.92. The summed E-state index contributed by atoms with van der Waals surface area (Å²) in [5.41, 5.74) is 4.15. The van der Waals surface area contributed by atoms with Gasteiger partial charge in [0.1, 0.15) is 0 Å². The Balaban J connectivity index is 3.32. The van der Waals surface area contributed by atoms with Gasteiger partial charge in [0.15, 0.2) is 0 Å². The highest BCUT2D eigenvalue weighted by Crippen LogP contribution is 2.28. The molecule has 0 spiro atoms. The molecule has 0 aromatic heterocycles. The van der Waals surface area contributed by atoms with Crippen LogP contribution < -0.4 is 0 Å². The van der Waals surface area contributed by atoms with Gasteiger partial charge in [-0.2, -0.15) is 0 Å². The fourth-order valence-corrected chi connectivity index (χ4v) is 1.84. The molecular formula is C14H20. The SMILES string of the molecule is C=Cc1c(C(C)C)cccc1C(C)C. The van der Waals surface area contributed by atoms with Crippen LogP contribution in [0.2, 0.25) is 0 Å². The number of rotatable bonds is 3. The van der Waals surface area contributed by atoms with Gasteiger partial charge in [0.25, 0.3) is 0 Å². The second-order valence-electron chi connectivity index (χ2n) is 4.36. The second kappa shape index (κ2) is 4.45. The fraction of sp³-hybridized carbons (Fsp3) is 0.429. The minimum Gasteiger partial charge on any atom is -0.0984 e. The summed E-state index contributed by atoms with van der Waals surface area (Å²) in [6.45, 7) is 12.8. The Morgan fingerprint density at radius 1 is 1.00 bits per heavy atom. The van der Waals surface area contributed by atoms with Gasteiger partial charge in [0.05, 0.1) is 0 Å². The molecule has 0 bridgehead atoms. The van der Waals surface area contributed by atoms with Gasteiger partial charge in [0.2, 0.25) is 0 Å². The second-order valence-corrected chi connectivity index (χ2v) is 4.36. The normalized spacial score (nSPS) is 11.0. The van der Waals surface area contributed by atoms with Crippen molar-refractivity contribution in [3.8, 4) is 0 Å². The lowest BCUT2D eigenvalue weighted by Gasteiger charge is -2.16. The Bertz CT molecular complexity index is 293. The van der Waals surface area contributed by atoms with Crippen molar-refractivity contribution in [2.45, 2.75) is 39.5 Å². The Morgan fingerprint density at radius 3 is 1.71 bits per heavy atom. The molecular weight excluding hydrogens is 168 g/mol. The molecule has 1 rings (SSSR count). The highest BCUT2D eigenvalue weighted by atomic mass is 14.1. The van der Waals surface area contributed by atoms with E-state index in [-0.39, 0.29) is 0 Å². The third kappa shape index (κ3) is 2.06. The molecule has 1 aromatic carbocycles. The van der Waals surface area contributed by atoms with E-state index in [0.717, 1.165) is 0 Å². The Kier molecular flexibility index (Phi) is 3.51. The van der Waals surface area contributed by atoms with E-state index in [2.05, 4.69) is 52.5 Å². The molecule has 0 fully saturated rings. The summed E-state index contributed by atoms with van der Waals surface area (Å²) < 4.78 is 0. The molecule has 0 N–H and O–H groups in total. The third-order valence-corrected chi connectivity index (χ3v) is 2.62. The lowest BCUT2D eigenvalue weighted by Crippen LogP contribution is -1.98. The predicted octanol–water partition coefficient (Wildman–Crippen LogP) is 4.58. The number of benzene rings is 1. The molecule has 0 aliphatic carbocycles. The summed E-state index contributed by atoms with van der Waals surface area (Å²) in [4.78, 5) is 0.